The van der Waals surface area contributed by atoms with Gasteiger partial charge in [0.15, 0.2) is 12.3 Å². The summed E-state index contributed by atoms with van der Waals surface area (Å²) in [6.45, 7) is 4.43. The van der Waals surface area contributed by atoms with Crippen molar-refractivity contribution < 1.29 is 33.4 Å². The molecule has 0 bridgehead atoms. The van der Waals surface area contributed by atoms with E-state index in [2.05, 4.69) is 0 Å². The second-order valence-electron chi connectivity index (χ2n) is 5.95. The Morgan fingerprint density at radius 2 is 2.05 bits per heavy atom. The third-order valence-corrected chi connectivity index (χ3v) is 3.23. The highest BCUT2D eigenvalue weighted by atomic mass is 16.7. The molecule has 2 rings (SSSR count). The van der Waals surface area contributed by atoms with E-state index in [1.54, 1.807) is 20.8 Å². The van der Waals surface area contributed by atoms with E-state index in [-0.39, 0.29) is 18.1 Å². The van der Waals surface area contributed by atoms with E-state index < -0.39 is 36.4 Å². The van der Waals surface area contributed by atoms with Crippen molar-refractivity contribution in [1.82, 2.24) is 4.90 Å². The first-order chi connectivity index (χ1) is 10.3. The SMILES string of the molecule is CC(C)(C)C(=O)OCOC(=O)C1/C(=C\C=O)O[C@@H]2CC(=O)N12. The summed E-state index contributed by atoms with van der Waals surface area (Å²) >= 11 is 0. The molecule has 0 radical (unpaired) electrons. The lowest BCUT2D eigenvalue weighted by Gasteiger charge is -2.33. The number of rotatable bonds is 4. The first kappa shape index (κ1) is 16.0. The highest BCUT2D eigenvalue weighted by Crippen LogP contribution is 2.36. The number of amides is 1. The van der Waals surface area contributed by atoms with E-state index in [0.717, 1.165) is 6.08 Å². The summed E-state index contributed by atoms with van der Waals surface area (Å²) in [5, 5.41) is 0. The zero-order chi connectivity index (χ0) is 16.5. The van der Waals surface area contributed by atoms with Gasteiger partial charge in [0.25, 0.3) is 0 Å². The summed E-state index contributed by atoms with van der Waals surface area (Å²) in [5.41, 5.74) is -0.718. The summed E-state index contributed by atoms with van der Waals surface area (Å²) < 4.78 is 15.0. The fourth-order valence-electron chi connectivity index (χ4n) is 2.03. The van der Waals surface area contributed by atoms with Gasteiger partial charge >= 0.3 is 11.9 Å². The standard InChI is InChI=1S/C14H17NO7/c1-14(2,3)13(19)21-7-20-12(18)11-8(4-5-16)22-10-6-9(17)15(10)11/h4-5,10-11H,6-7H2,1-3H3/b8-4+/t10-,11?/m1/s1. The van der Waals surface area contributed by atoms with Crippen LogP contribution in [-0.2, 0) is 33.4 Å². The van der Waals surface area contributed by atoms with Crippen LogP contribution in [0.1, 0.15) is 27.2 Å². The Kier molecular flexibility index (Phi) is 4.20. The number of β-lactam (4-membered cyclic amide) rings is 1. The van der Waals surface area contributed by atoms with Gasteiger partial charge in [0.2, 0.25) is 12.7 Å². The van der Waals surface area contributed by atoms with Crippen LogP contribution < -0.4 is 0 Å². The molecule has 0 spiro atoms. The number of esters is 2. The van der Waals surface area contributed by atoms with Gasteiger partial charge in [-0.05, 0) is 20.8 Å². The number of hydrogen-bond donors (Lipinski definition) is 0. The number of fused-ring (bicyclic) bond motifs is 1. The molecule has 0 aromatic carbocycles. The topological polar surface area (TPSA) is 99.2 Å². The Labute approximate surface area is 127 Å². The molecule has 1 unspecified atom stereocenters. The van der Waals surface area contributed by atoms with E-state index in [9.17, 15) is 19.2 Å². The molecular weight excluding hydrogens is 294 g/mol. The van der Waals surface area contributed by atoms with Crippen LogP contribution in [0.2, 0.25) is 0 Å². The predicted octanol–water partition coefficient (Wildman–Crippen LogP) is 0.116. The molecule has 2 atom stereocenters. The van der Waals surface area contributed by atoms with Crippen molar-refractivity contribution in [3.05, 3.63) is 11.8 Å². The van der Waals surface area contributed by atoms with Gasteiger partial charge in [0, 0.05) is 6.08 Å². The van der Waals surface area contributed by atoms with Gasteiger partial charge in [0.05, 0.1) is 11.8 Å². The fourth-order valence-corrected chi connectivity index (χ4v) is 2.03. The van der Waals surface area contributed by atoms with Crippen LogP contribution in [0.25, 0.3) is 0 Å². The van der Waals surface area contributed by atoms with Crippen LogP contribution in [-0.4, -0.2) is 48.1 Å². The molecule has 22 heavy (non-hydrogen) atoms. The molecule has 2 saturated heterocycles. The number of ether oxygens (including phenoxy) is 3. The van der Waals surface area contributed by atoms with E-state index in [1.165, 1.54) is 4.90 Å². The van der Waals surface area contributed by atoms with Gasteiger partial charge in [-0.1, -0.05) is 0 Å². The highest BCUT2D eigenvalue weighted by Gasteiger charge is 2.54. The largest absolute Gasteiger partial charge is 0.471 e. The van der Waals surface area contributed by atoms with Gasteiger partial charge in [0.1, 0.15) is 12.0 Å². The minimum atomic E-state index is -1.11. The fraction of sp³-hybridized carbons (Fsp3) is 0.571. The summed E-state index contributed by atoms with van der Waals surface area (Å²) in [6, 6.07) is -1.11. The summed E-state index contributed by atoms with van der Waals surface area (Å²) in [7, 11) is 0. The van der Waals surface area contributed by atoms with E-state index in [0.29, 0.717) is 6.29 Å². The van der Waals surface area contributed by atoms with Crippen LogP contribution >= 0.6 is 0 Å². The minimum absolute atomic E-state index is 0.0537. The molecule has 2 heterocycles. The second kappa shape index (κ2) is 5.78. The quantitative estimate of drug-likeness (QED) is 0.239. The zero-order valence-corrected chi connectivity index (χ0v) is 12.5. The van der Waals surface area contributed by atoms with Crippen molar-refractivity contribution in [1.29, 1.82) is 0 Å². The Morgan fingerprint density at radius 1 is 1.36 bits per heavy atom. The van der Waals surface area contributed by atoms with Crippen LogP contribution in [0.15, 0.2) is 11.8 Å². The molecule has 1 amide bonds. The number of hydrogen-bond acceptors (Lipinski definition) is 7. The molecule has 0 aromatic heterocycles. The molecular formula is C14H17NO7. The molecule has 2 aliphatic heterocycles. The van der Waals surface area contributed by atoms with E-state index >= 15 is 0 Å². The van der Waals surface area contributed by atoms with E-state index in [4.69, 9.17) is 14.2 Å². The molecule has 0 aromatic rings. The number of nitrogens with zero attached hydrogens (tertiary/aromatic N) is 1. The van der Waals surface area contributed by atoms with Gasteiger partial charge in [-0.2, -0.15) is 0 Å². The van der Waals surface area contributed by atoms with Crippen molar-refractivity contribution in [3.63, 3.8) is 0 Å². The Morgan fingerprint density at radius 3 is 2.59 bits per heavy atom. The van der Waals surface area contributed by atoms with Crippen molar-refractivity contribution in [2.24, 2.45) is 5.41 Å². The predicted molar refractivity (Wildman–Crippen MR) is 70.8 cm³/mol. The summed E-state index contributed by atoms with van der Waals surface area (Å²) in [4.78, 5) is 46.9. The lowest BCUT2D eigenvalue weighted by Crippen LogP contribution is -2.55. The van der Waals surface area contributed by atoms with Crippen LogP contribution in [0.4, 0.5) is 0 Å². The molecule has 8 heteroatoms. The molecule has 2 fully saturated rings. The minimum Gasteiger partial charge on any atom is -0.471 e. The van der Waals surface area contributed by atoms with E-state index in [1.807, 2.05) is 0 Å². The lowest BCUT2D eigenvalue weighted by atomic mass is 9.98. The van der Waals surface area contributed by atoms with Gasteiger partial charge in [-0.15, -0.1) is 0 Å². The summed E-state index contributed by atoms with van der Waals surface area (Å²) in [5.74, 6) is -1.55. The molecule has 0 N–H and O–H groups in total. The number of carbonyl (C=O) groups is 4. The first-order valence-electron chi connectivity index (χ1n) is 6.72. The van der Waals surface area contributed by atoms with Crippen LogP contribution in [0.5, 0.6) is 0 Å². The molecule has 2 aliphatic rings. The maximum atomic E-state index is 12.1. The molecule has 0 aliphatic carbocycles. The maximum absolute atomic E-state index is 12.1. The van der Waals surface area contributed by atoms with Crippen molar-refractivity contribution in [2.75, 3.05) is 6.79 Å². The first-order valence-corrected chi connectivity index (χ1v) is 6.72. The van der Waals surface area contributed by atoms with Crippen molar-refractivity contribution >= 4 is 24.1 Å². The number of carbonyl (C=O) groups excluding carboxylic acids is 4. The van der Waals surface area contributed by atoms with Gasteiger partial charge in [-0.3, -0.25) is 19.3 Å². The Balaban J connectivity index is 1.96. The monoisotopic (exact) mass is 311 g/mol. The maximum Gasteiger partial charge on any atom is 0.339 e. The third-order valence-electron chi connectivity index (χ3n) is 3.23. The smallest absolute Gasteiger partial charge is 0.339 e. The number of aldehydes is 1. The van der Waals surface area contributed by atoms with Crippen LogP contribution in [0.3, 0.4) is 0 Å². The van der Waals surface area contributed by atoms with Gasteiger partial charge < -0.3 is 14.2 Å². The lowest BCUT2D eigenvalue weighted by molar-refractivity contribution is -0.179. The highest BCUT2D eigenvalue weighted by molar-refractivity contribution is 5.92. The van der Waals surface area contributed by atoms with Crippen molar-refractivity contribution in [3.8, 4) is 0 Å². The summed E-state index contributed by atoms with van der Waals surface area (Å²) in [6.07, 6.45) is 1.14. The Hall–Kier alpha value is -2.38. The van der Waals surface area contributed by atoms with Gasteiger partial charge in [-0.25, -0.2) is 4.79 Å². The van der Waals surface area contributed by atoms with Crippen molar-refractivity contribution in [2.45, 2.75) is 39.5 Å². The molecule has 8 nitrogen and oxygen atoms in total. The normalized spacial score (nSPS) is 25.1. The average molecular weight is 311 g/mol. The van der Waals surface area contributed by atoms with Crippen LogP contribution in [0, 0.1) is 5.41 Å². The zero-order valence-electron chi connectivity index (χ0n) is 12.5. The molecule has 0 saturated carbocycles. The number of allylic oxidation sites excluding steroid dienone is 1. The third kappa shape index (κ3) is 2.95. The average Bonchev–Trinajstić information content (AvgIpc) is 2.70. The second-order valence-corrected chi connectivity index (χ2v) is 5.95. The molecule has 120 valence electrons. The Bertz CT molecular complexity index is 546.